The van der Waals surface area contributed by atoms with Gasteiger partial charge in [-0.3, -0.25) is 4.98 Å². The molecule has 2 aromatic rings. The quantitative estimate of drug-likeness (QED) is 0.891. The molecule has 0 saturated heterocycles. The summed E-state index contributed by atoms with van der Waals surface area (Å²) in [5.74, 6) is 1.55. The molecule has 100 valence electrons. The number of aromatic nitrogens is 1. The molecule has 1 heterocycles. The molecule has 0 bridgehead atoms. The first-order valence-electron chi connectivity index (χ1n) is 6.29. The summed E-state index contributed by atoms with van der Waals surface area (Å²) in [4.78, 5) is 4.44. The van der Waals surface area contributed by atoms with Crippen molar-refractivity contribution in [3.05, 3.63) is 52.8 Å². The van der Waals surface area contributed by atoms with E-state index in [0.717, 1.165) is 28.1 Å². The zero-order valence-corrected chi connectivity index (χ0v) is 12.6. The molecule has 0 saturated carbocycles. The van der Waals surface area contributed by atoms with Gasteiger partial charge in [-0.1, -0.05) is 22.9 Å². The molecule has 1 N–H and O–H groups in total. The number of halogens is 1. The molecule has 19 heavy (non-hydrogen) atoms. The number of pyridine rings is 1. The summed E-state index contributed by atoms with van der Waals surface area (Å²) in [6.07, 6.45) is 2.77. The molecule has 0 aliphatic rings. The SMILES string of the molecule is CCC(NC)c1ccc(Oc2ccc(Br)cc2)cn1. The third-order valence-electron chi connectivity index (χ3n) is 2.92. The molecular weight excluding hydrogens is 304 g/mol. The van der Waals surface area contributed by atoms with Crippen LogP contribution in [-0.2, 0) is 0 Å². The van der Waals surface area contributed by atoms with Gasteiger partial charge in [0.15, 0.2) is 0 Å². The predicted molar refractivity (Wildman–Crippen MR) is 80.5 cm³/mol. The van der Waals surface area contributed by atoms with Crippen LogP contribution < -0.4 is 10.1 Å². The number of benzene rings is 1. The van der Waals surface area contributed by atoms with Gasteiger partial charge in [0, 0.05) is 10.5 Å². The number of hydrogen-bond acceptors (Lipinski definition) is 3. The Morgan fingerprint density at radius 2 is 1.84 bits per heavy atom. The van der Waals surface area contributed by atoms with E-state index < -0.39 is 0 Å². The molecule has 0 aliphatic carbocycles. The number of hydrogen-bond donors (Lipinski definition) is 1. The fourth-order valence-electron chi connectivity index (χ4n) is 1.86. The van der Waals surface area contributed by atoms with Gasteiger partial charge in [-0.2, -0.15) is 0 Å². The minimum Gasteiger partial charge on any atom is -0.456 e. The maximum absolute atomic E-state index is 5.73. The van der Waals surface area contributed by atoms with Gasteiger partial charge in [-0.25, -0.2) is 0 Å². The molecule has 4 heteroatoms. The van der Waals surface area contributed by atoms with Crippen LogP contribution in [0, 0.1) is 0 Å². The Labute approximate surface area is 122 Å². The van der Waals surface area contributed by atoms with E-state index in [9.17, 15) is 0 Å². The van der Waals surface area contributed by atoms with Gasteiger partial charge in [-0.05, 0) is 49.9 Å². The van der Waals surface area contributed by atoms with E-state index in [1.807, 2.05) is 43.4 Å². The second kappa shape index (κ2) is 6.68. The molecule has 3 nitrogen and oxygen atoms in total. The molecule has 1 atom stereocenters. The Hall–Kier alpha value is -1.39. The summed E-state index contributed by atoms with van der Waals surface area (Å²) in [6, 6.07) is 12.0. The monoisotopic (exact) mass is 320 g/mol. The van der Waals surface area contributed by atoms with E-state index in [1.54, 1.807) is 6.20 Å². The van der Waals surface area contributed by atoms with Gasteiger partial charge in [-0.15, -0.1) is 0 Å². The number of nitrogens with zero attached hydrogens (tertiary/aromatic N) is 1. The normalized spacial score (nSPS) is 12.2. The van der Waals surface area contributed by atoms with Crippen molar-refractivity contribution in [2.75, 3.05) is 7.05 Å². The largest absolute Gasteiger partial charge is 0.456 e. The molecule has 1 aromatic heterocycles. The zero-order valence-electron chi connectivity index (χ0n) is 11.1. The minimum absolute atomic E-state index is 0.293. The summed E-state index contributed by atoms with van der Waals surface area (Å²) in [7, 11) is 1.95. The summed E-state index contributed by atoms with van der Waals surface area (Å²) in [6.45, 7) is 2.13. The van der Waals surface area contributed by atoms with Crippen molar-refractivity contribution in [3.8, 4) is 11.5 Å². The van der Waals surface area contributed by atoms with Gasteiger partial charge >= 0.3 is 0 Å². The van der Waals surface area contributed by atoms with Crippen molar-refractivity contribution in [2.45, 2.75) is 19.4 Å². The van der Waals surface area contributed by atoms with Crippen molar-refractivity contribution >= 4 is 15.9 Å². The molecule has 1 aromatic carbocycles. The van der Waals surface area contributed by atoms with Crippen molar-refractivity contribution in [1.29, 1.82) is 0 Å². The van der Waals surface area contributed by atoms with Crippen LogP contribution >= 0.6 is 15.9 Å². The lowest BCUT2D eigenvalue weighted by atomic mass is 10.1. The standard InChI is InChI=1S/C15H17BrN2O/c1-3-14(17-2)15-9-8-13(10-18-15)19-12-6-4-11(16)5-7-12/h4-10,14,17H,3H2,1-2H3. The van der Waals surface area contributed by atoms with Crippen LogP contribution in [0.25, 0.3) is 0 Å². The average molecular weight is 321 g/mol. The summed E-state index contributed by atoms with van der Waals surface area (Å²) >= 11 is 3.40. The Morgan fingerprint density at radius 1 is 1.16 bits per heavy atom. The van der Waals surface area contributed by atoms with Crippen molar-refractivity contribution in [1.82, 2.24) is 10.3 Å². The fraction of sp³-hybridized carbons (Fsp3) is 0.267. The molecule has 1 unspecified atom stereocenters. The van der Waals surface area contributed by atoms with Crippen LogP contribution in [-0.4, -0.2) is 12.0 Å². The van der Waals surface area contributed by atoms with Crippen molar-refractivity contribution in [2.24, 2.45) is 0 Å². The predicted octanol–water partition coefficient (Wildman–Crippen LogP) is 4.31. The van der Waals surface area contributed by atoms with E-state index in [4.69, 9.17) is 4.74 Å². The Bertz CT molecular complexity index is 507. The molecule has 0 aliphatic heterocycles. The second-order valence-corrected chi connectivity index (χ2v) is 5.14. The third kappa shape index (κ3) is 3.78. The summed E-state index contributed by atoms with van der Waals surface area (Å²) < 4.78 is 6.77. The third-order valence-corrected chi connectivity index (χ3v) is 3.45. The molecule has 0 radical (unpaired) electrons. The van der Waals surface area contributed by atoms with Crippen LogP contribution in [0.4, 0.5) is 0 Å². The van der Waals surface area contributed by atoms with Gasteiger partial charge in [0.05, 0.1) is 11.9 Å². The molecule has 0 fully saturated rings. The number of ether oxygens (including phenoxy) is 1. The highest BCUT2D eigenvalue weighted by molar-refractivity contribution is 9.10. The lowest BCUT2D eigenvalue weighted by Crippen LogP contribution is -2.16. The molecular formula is C15H17BrN2O. The van der Waals surface area contributed by atoms with Crippen LogP contribution in [0.2, 0.25) is 0 Å². The summed E-state index contributed by atoms with van der Waals surface area (Å²) in [5.41, 5.74) is 1.04. The topological polar surface area (TPSA) is 34.1 Å². The van der Waals surface area contributed by atoms with E-state index in [0.29, 0.717) is 6.04 Å². The van der Waals surface area contributed by atoms with Crippen molar-refractivity contribution < 1.29 is 4.74 Å². The zero-order chi connectivity index (χ0) is 13.7. The minimum atomic E-state index is 0.293. The second-order valence-electron chi connectivity index (χ2n) is 4.22. The summed E-state index contributed by atoms with van der Waals surface area (Å²) in [5, 5.41) is 3.23. The van der Waals surface area contributed by atoms with Crippen LogP contribution in [0.1, 0.15) is 25.1 Å². The van der Waals surface area contributed by atoms with Crippen LogP contribution in [0.5, 0.6) is 11.5 Å². The van der Waals surface area contributed by atoms with Crippen LogP contribution in [0.3, 0.4) is 0 Å². The highest BCUT2D eigenvalue weighted by Gasteiger charge is 2.07. The maximum atomic E-state index is 5.73. The lowest BCUT2D eigenvalue weighted by molar-refractivity contribution is 0.477. The molecule has 0 amide bonds. The number of rotatable bonds is 5. The number of nitrogens with one attached hydrogen (secondary N) is 1. The van der Waals surface area contributed by atoms with Gasteiger partial charge in [0.1, 0.15) is 11.5 Å². The van der Waals surface area contributed by atoms with E-state index in [1.165, 1.54) is 0 Å². The first kappa shape index (κ1) is 14.0. The maximum Gasteiger partial charge on any atom is 0.145 e. The smallest absolute Gasteiger partial charge is 0.145 e. The fourth-order valence-corrected chi connectivity index (χ4v) is 2.12. The molecule has 2 rings (SSSR count). The average Bonchev–Trinajstić information content (AvgIpc) is 2.44. The Morgan fingerprint density at radius 3 is 2.37 bits per heavy atom. The molecule has 0 spiro atoms. The van der Waals surface area contributed by atoms with Crippen LogP contribution in [0.15, 0.2) is 47.1 Å². The van der Waals surface area contributed by atoms with E-state index in [2.05, 4.69) is 33.2 Å². The van der Waals surface area contributed by atoms with Gasteiger partial charge in [0.25, 0.3) is 0 Å². The first-order chi connectivity index (χ1) is 9.22. The van der Waals surface area contributed by atoms with E-state index >= 15 is 0 Å². The van der Waals surface area contributed by atoms with E-state index in [-0.39, 0.29) is 0 Å². The van der Waals surface area contributed by atoms with Gasteiger partial charge < -0.3 is 10.1 Å². The first-order valence-corrected chi connectivity index (χ1v) is 7.09. The highest BCUT2D eigenvalue weighted by Crippen LogP contribution is 2.23. The Balaban J connectivity index is 2.08. The lowest BCUT2D eigenvalue weighted by Gasteiger charge is -2.13. The highest BCUT2D eigenvalue weighted by atomic mass is 79.9. The van der Waals surface area contributed by atoms with Crippen molar-refractivity contribution in [3.63, 3.8) is 0 Å². The van der Waals surface area contributed by atoms with Gasteiger partial charge in [0.2, 0.25) is 0 Å². The Kier molecular flexibility index (Phi) is 4.93.